The lowest BCUT2D eigenvalue weighted by Gasteiger charge is -2.30. The Kier molecular flexibility index (Phi) is 5.99. The predicted octanol–water partition coefficient (Wildman–Crippen LogP) is 3.35. The quantitative estimate of drug-likeness (QED) is 0.858. The Morgan fingerprint density at radius 3 is 2.70 bits per heavy atom. The number of aryl methyl sites for hydroxylation is 1. The zero-order valence-electron chi connectivity index (χ0n) is 12.8. The van der Waals surface area contributed by atoms with Gasteiger partial charge in [0.25, 0.3) is 0 Å². The fourth-order valence-corrected chi connectivity index (χ4v) is 3.04. The van der Waals surface area contributed by atoms with Crippen molar-refractivity contribution >= 4 is 0 Å². The molecule has 1 heterocycles. The molecule has 0 spiro atoms. The Morgan fingerprint density at radius 2 is 2.05 bits per heavy atom. The highest BCUT2D eigenvalue weighted by Gasteiger charge is 2.17. The molecule has 1 aromatic rings. The van der Waals surface area contributed by atoms with Crippen LogP contribution in [0.3, 0.4) is 0 Å². The van der Waals surface area contributed by atoms with Gasteiger partial charge in [-0.05, 0) is 68.9 Å². The SMILES string of the molecule is CCCN(Cc1ccc(F)c(C)c1)CC1CCNCC1. The first-order valence-corrected chi connectivity index (χ1v) is 7.87. The molecule has 1 aliphatic heterocycles. The average molecular weight is 278 g/mol. The Morgan fingerprint density at radius 1 is 1.30 bits per heavy atom. The van der Waals surface area contributed by atoms with Crippen molar-refractivity contribution in [3.8, 4) is 0 Å². The number of hydrogen-bond acceptors (Lipinski definition) is 2. The molecule has 0 saturated carbocycles. The number of halogens is 1. The Balaban J connectivity index is 1.94. The van der Waals surface area contributed by atoms with Gasteiger partial charge in [0, 0.05) is 13.1 Å². The molecule has 0 aromatic heterocycles. The minimum Gasteiger partial charge on any atom is -0.317 e. The Hall–Kier alpha value is -0.930. The van der Waals surface area contributed by atoms with Gasteiger partial charge in [0.15, 0.2) is 0 Å². The number of piperidine rings is 1. The summed E-state index contributed by atoms with van der Waals surface area (Å²) < 4.78 is 13.3. The average Bonchev–Trinajstić information content (AvgIpc) is 2.44. The third-order valence-corrected chi connectivity index (χ3v) is 4.14. The smallest absolute Gasteiger partial charge is 0.126 e. The summed E-state index contributed by atoms with van der Waals surface area (Å²) in [5.41, 5.74) is 1.98. The third kappa shape index (κ3) is 4.57. The van der Waals surface area contributed by atoms with Crippen molar-refractivity contribution in [1.82, 2.24) is 10.2 Å². The molecule has 2 rings (SSSR count). The molecule has 112 valence electrons. The largest absolute Gasteiger partial charge is 0.317 e. The van der Waals surface area contributed by atoms with Gasteiger partial charge in [-0.15, -0.1) is 0 Å². The van der Waals surface area contributed by atoms with Crippen LogP contribution in [0.2, 0.25) is 0 Å². The first-order chi connectivity index (χ1) is 9.69. The molecule has 0 aliphatic carbocycles. The normalized spacial score (nSPS) is 16.8. The van der Waals surface area contributed by atoms with E-state index in [1.165, 1.54) is 31.4 Å². The van der Waals surface area contributed by atoms with Crippen LogP contribution in [0.4, 0.5) is 4.39 Å². The van der Waals surface area contributed by atoms with Gasteiger partial charge in [-0.2, -0.15) is 0 Å². The number of nitrogens with zero attached hydrogens (tertiary/aromatic N) is 1. The van der Waals surface area contributed by atoms with Crippen LogP contribution in [-0.4, -0.2) is 31.1 Å². The number of nitrogens with one attached hydrogen (secondary N) is 1. The van der Waals surface area contributed by atoms with E-state index >= 15 is 0 Å². The molecular formula is C17H27FN2. The minimum atomic E-state index is -0.103. The van der Waals surface area contributed by atoms with Crippen molar-refractivity contribution in [2.45, 2.75) is 39.7 Å². The van der Waals surface area contributed by atoms with E-state index < -0.39 is 0 Å². The second kappa shape index (κ2) is 7.75. The van der Waals surface area contributed by atoms with E-state index in [0.717, 1.165) is 37.7 Å². The van der Waals surface area contributed by atoms with Crippen molar-refractivity contribution < 1.29 is 4.39 Å². The molecule has 3 heteroatoms. The van der Waals surface area contributed by atoms with Crippen LogP contribution >= 0.6 is 0 Å². The molecule has 0 unspecified atom stereocenters. The highest BCUT2D eigenvalue weighted by Crippen LogP contribution is 2.17. The second-order valence-corrected chi connectivity index (χ2v) is 6.01. The summed E-state index contributed by atoms with van der Waals surface area (Å²) in [5.74, 6) is 0.707. The summed E-state index contributed by atoms with van der Waals surface area (Å²) in [7, 11) is 0. The summed E-state index contributed by atoms with van der Waals surface area (Å²) in [6, 6.07) is 5.51. The van der Waals surface area contributed by atoms with E-state index in [9.17, 15) is 4.39 Å². The van der Waals surface area contributed by atoms with Crippen molar-refractivity contribution in [2.75, 3.05) is 26.2 Å². The minimum absolute atomic E-state index is 0.103. The highest BCUT2D eigenvalue weighted by atomic mass is 19.1. The number of hydrogen-bond donors (Lipinski definition) is 1. The molecule has 0 bridgehead atoms. The lowest BCUT2D eigenvalue weighted by Crippen LogP contribution is -2.36. The van der Waals surface area contributed by atoms with E-state index in [1.54, 1.807) is 6.07 Å². The molecule has 1 N–H and O–H groups in total. The fraction of sp³-hybridized carbons (Fsp3) is 0.647. The van der Waals surface area contributed by atoms with Crippen LogP contribution in [0.1, 0.15) is 37.3 Å². The maximum Gasteiger partial charge on any atom is 0.126 e. The van der Waals surface area contributed by atoms with Crippen molar-refractivity contribution in [1.29, 1.82) is 0 Å². The van der Waals surface area contributed by atoms with Gasteiger partial charge < -0.3 is 5.32 Å². The number of rotatable bonds is 6. The monoisotopic (exact) mass is 278 g/mol. The lowest BCUT2D eigenvalue weighted by molar-refractivity contribution is 0.199. The van der Waals surface area contributed by atoms with E-state index in [1.807, 2.05) is 19.1 Å². The molecule has 2 nitrogen and oxygen atoms in total. The molecule has 0 atom stereocenters. The lowest BCUT2D eigenvalue weighted by atomic mass is 9.97. The van der Waals surface area contributed by atoms with Gasteiger partial charge in [-0.25, -0.2) is 4.39 Å². The van der Waals surface area contributed by atoms with Gasteiger partial charge in [0.2, 0.25) is 0 Å². The standard InChI is InChI=1S/C17H27FN2/c1-3-10-20(12-15-6-8-19-9-7-15)13-16-4-5-17(18)14(2)11-16/h4-5,11,15,19H,3,6-10,12-13H2,1-2H3. The first-order valence-electron chi connectivity index (χ1n) is 7.87. The van der Waals surface area contributed by atoms with E-state index in [0.29, 0.717) is 0 Å². The zero-order valence-corrected chi connectivity index (χ0v) is 12.8. The fourth-order valence-electron chi connectivity index (χ4n) is 3.04. The van der Waals surface area contributed by atoms with Crippen LogP contribution in [0.15, 0.2) is 18.2 Å². The van der Waals surface area contributed by atoms with E-state index in [-0.39, 0.29) is 5.82 Å². The van der Waals surface area contributed by atoms with Gasteiger partial charge in [-0.3, -0.25) is 4.90 Å². The predicted molar refractivity (Wildman–Crippen MR) is 82.3 cm³/mol. The van der Waals surface area contributed by atoms with Gasteiger partial charge in [-0.1, -0.05) is 19.1 Å². The summed E-state index contributed by atoms with van der Waals surface area (Å²) in [5, 5.41) is 3.42. The molecule has 0 radical (unpaired) electrons. The molecular weight excluding hydrogens is 251 g/mol. The molecule has 1 aliphatic rings. The van der Waals surface area contributed by atoms with Gasteiger partial charge >= 0.3 is 0 Å². The second-order valence-electron chi connectivity index (χ2n) is 6.01. The van der Waals surface area contributed by atoms with Crippen molar-refractivity contribution in [2.24, 2.45) is 5.92 Å². The Bertz CT molecular complexity index is 413. The molecule has 1 fully saturated rings. The van der Waals surface area contributed by atoms with E-state index in [4.69, 9.17) is 0 Å². The maximum atomic E-state index is 13.3. The van der Waals surface area contributed by atoms with E-state index in [2.05, 4.69) is 17.1 Å². The number of benzene rings is 1. The van der Waals surface area contributed by atoms with Crippen LogP contribution in [-0.2, 0) is 6.54 Å². The molecule has 0 amide bonds. The van der Waals surface area contributed by atoms with Crippen molar-refractivity contribution in [3.63, 3.8) is 0 Å². The highest BCUT2D eigenvalue weighted by molar-refractivity contribution is 5.23. The van der Waals surface area contributed by atoms with Crippen LogP contribution in [0.5, 0.6) is 0 Å². The zero-order chi connectivity index (χ0) is 14.4. The molecule has 1 aromatic carbocycles. The summed E-state index contributed by atoms with van der Waals surface area (Å²) in [6.07, 6.45) is 3.73. The molecule has 20 heavy (non-hydrogen) atoms. The van der Waals surface area contributed by atoms with Crippen LogP contribution in [0.25, 0.3) is 0 Å². The third-order valence-electron chi connectivity index (χ3n) is 4.14. The van der Waals surface area contributed by atoms with Crippen LogP contribution < -0.4 is 5.32 Å². The summed E-state index contributed by atoms with van der Waals surface area (Å²) in [4.78, 5) is 2.53. The first kappa shape index (κ1) is 15.5. The summed E-state index contributed by atoms with van der Waals surface area (Å²) >= 11 is 0. The summed E-state index contributed by atoms with van der Waals surface area (Å²) in [6.45, 7) is 9.62. The van der Waals surface area contributed by atoms with Gasteiger partial charge in [0.1, 0.15) is 5.82 Å². The molecule has 1 saturated heterocycles. The topological polar surface area (TPSA) is 15.3 Å². The van der Waals surface area contributed by atoms with Crippen molar-refractivity contribution in [3.05, 3.63) is 35.1 Å². The van der Waals surface area contributed by atoms with Crippen LogP contribution in [0, 0.1) is 18.7 Å². The maximum absolute atomic E-state index is 13.3. The Labute approximate surface area is 122 Å². The van der Waals surface area contributed by atoms with Gasteiger partial charge in [0.05, 0.1) is 0 Å².